The average molecular weight is 273 g/mol. The first-order valence-corrected chi connectivity index (χ1v) is 6.58. The van der Waals surface area contributed by atoms with E-state index in [-0.39, 0.29) is 5.91 Å². The zero-order valence-electron chi connectivity index (χ0n) is 11.8. The summed E-state index contributed by atoms with van der Waals surface area (Å²) >= 11 is 0. The summed E-state index contributed by atoms with van der Waals surface area (Å²) in [7, 11) is 0. The van der Waals surface area contributed by atoms with Crippen molar-refractivity contribution in [1.82, 2.24) is 14.8 Å². The average Bonchev–Trinajstić information content (AvgIpc) is 2.71. The van der Waals surface area contributed by atoms with E-state index >= 15 is 0 Å². The quantitative estimate of drug-likeness (QED) is 0.815. The van der Waals surface area contributed by atoms with Gasteiger partial charge in [-0.2, -0.15) is 5.10 Å². The van der Waals surface area contributed by atoms with E-state index < -0.39 is 0 Å². The molecule has 1 heterocycles. The number of rotatable bonds is 5. The Hall–Kier alpha value is -2.37. The molecule has 0 fully saturated rings. The van der Waals surface area contributed by atoms with Crippen LogP contribution in [0.5, 0.6) is 0 Å². The minimum Gasteiger partial charge on any atom is -0.397 e. The van der Waals surface area contributed by atoms with Crippen molar-refractivity contribution in [1.29, 1.82) is 0 Å². The molecule has 0 aliphatic carbocycles. The molecule has 106 valence electrons. The van der Waals surface area contributed by atoms with E-state index in [4.69, 9.17) is 5.73 Å². The lowest BCUT2D eigenvalue weighted by Gasteiger charge is -2.08. The number of aryl methyl sites for hydroxylation is 3. The molecule has 2 aromatic rings. The van der Waals surface area contributed by atoms with Crippen LogP contribution in [-0.2, 0) is 11.3 Å². The van der Waals surface area contributed by atoms with Crippen LogP contribution in [-0.4, -0.2) is 20.7 Å². The Morgan fingerprint density at radius 2 is 2.10 bits per heavy atom. The monoisotopic (exact) mass is 273 g/mol. The third-order valence-corrected chi connectivity index (χ3v) is 2.97. The molecule has 0 unspecified atom stereocenters. The van der Waals surface area contributed by atoms with E-state index in [0.29, 0.717) is 30.8 Å². The third kappa shape index (κ3) is 3.57. The fraction of sp³-hybridized carbons (Fsp3) is 0.357. The minimum absolute atomic E-state index is 0.0441. The molecule has 0 atom stereocenters. The van der Waals surface area contributed by atoms with Gasteiger partial charge in [0.1, 0.15) is 11.6 Å². The second-order valence-corrected chi connectivity index (χ2v) is 4.67. The van der Waals surface area contributed by atoms with Crippen LogP contribution in [0.15, 0.2) is 24.3 Å². The number of nitrogens with one attached hydrogen (secondary N) is 1. The molecule has 1 aromatic carbocycles. The lowest BCUT2D eigenvalue weighted by Crippen LogP contribution is -2.14. The molecule has 0 saturated heterocycles. The van der Waals surface area contributed by atoms with Crippen molar-refractivity contribution in [2.45, 2.75) is 33.2 Å². The van der Waals surface area contributed by atoms with Crippen LogP contribution < -0.4 is 11.1 Å². The van der Waals surface area contributed by atoms with E-state index in [1.54, 1.807) is 12.1 Å². The predicted octanol–water partition coefficient (Wildman–Crippen LogP) is 1.90. The summed E-state index contributed by atoms with van der Waals surface area (Å²) in [6.45, 7) is 4.45. The van der Waals surface area contributed by atoms with Crippen molar-refractivity contribution >= 4 is 17.3 Å². The lowest BCUT2D eigenvalue weighted by molar-refractivity contribution is -0.116. The molecular weight excluding hydrogens is 254 g/mol. The second-order valence-electron chi connectivity index (χ2n) is 4.67. The number of aromatic nitrogens is 3. The van der Waals surface area contributed by atoms with Gasteiger partial charge in [-0.05, 0) is 32.4 Å². The highest BCUT2D eigenvalue weighted by Crippen LogP contribution is 2.17. The smallest absolute Gasteiger partial charge is 0.224 e. The van der Waals surface area contributed by atoms with Crippen molar-refractivity contribution in [2.24, 2.45) is 0 Å². The van der Waals surface area contributed by atoms with E-state index in [1.807, 2.05) is 30.7 Å². The van der Waals surface area contributed by atoms with Crippen LogP contribution in [0.25, 0.3) is 0 Å². The van der Waals surface area contributed by atoms with E-state index in [2.05, 4.69) is 15.4 Å². The number of hydrogen-bond acceptors (Lipinski definition) is 4. The van der Waals surface area contributed by atoms with Gasteiger partial charge in [-0.25, -0.2) is 4.98 Å². The fourth-order valence-electron chi connectivity index (χ4n) is 1.99. The van der Waals surface area contributed by atoms with Gasteiger partial charge >= 0.3 is 0 Å². The summed E-state index contributed by atoms with van der Waals surface area (Å²) < 4.78 is 1.82. The number of anilines is 2. The minimum atomic E-state index is -0.0441. The summed E-state index contributed by atoms with van der Waals surface area (Å²) in [6.07, 6.45) is 1.13. The highest BCUT2D eigenvalue weighted by molar-refractivity contribution is 5.93. The SMILES string of the molecule is Cc1nc(C)n(CCCC(=O)Nc2ccccc2N)n1. The maximum atomic E-state index is 11.8. The molecule has 0 spiro atoms. The van der Waals surface area contributed by atoms with Gasteiger partial charge in [0.2, 0.25) is 5.91 Å². The molecule has 0 bridgehead atoms. The number of nitrogens with two attached hydrogens (primary N) is 1. The number of para-hydroxylation sites is 2. The van der Waals surface area contributed by atoms with Gasteiger partial charge in [0.25, 0.3) is 0 Å². The third-order valence-electron chi connectivity index (χ3n) is 2.97. The Morgan fingerprint density at radius 1 is 1.35 bits per heavy atom. The summed E-state index contributed by atoms with van der Waals surface area (Å²) in [6, 6.07) is 7.23. The first-order chi connectivity index (χ1) is 9.56. The Kier molecular flexibility index (Phi) is 4.34. The molecule has 20 heavy (non-hydrogen) atoms. The molecule has 0 radical (unpaired) electrons. The highest BCUT2D eigenvalue weighted by Gasteiger charge is 2.06. The number of benzene rings is 1. The number of carbonyl (C=O) groups is 1. The topological polar surface area (TPSA) is 85.8 Å². The standard InChI is InChI=1S/C14H19N5O/c1-10-16-11(2)19(18-10)9-5-8-14(20)17-13-7-4-3-6-12(13)15/h3-4,6-7H,5,8-9,15H2,1-2H3,(H,17,20). The number of carbonyl (C=O) groups excluding carboxylic acids is 1. The van der Waals surface area contributed by atoms with E-state index in [0.717, 1.165) is 11.6 Å². The molecule has 0 saturated carbocycles. The maximum absolute atomic E-state index is 11.8. The van der Waals surface area contributed by atoms with Crippen molar-refractivity contribution in [2.75, 3.05) is 11.1 Å². The molecule has 6 heteroatoms. The number of amides is 1. The fourth-order valence-corrected chi connectivity index (χ4v) is 1.99. The number of nitrogen functional groups attached to an aromatic ring is 1. The second kappa shape index (κ2) is 6.18. The van der Waals surface area contributed by atoms with Crippen LogP contribution in [0.4, 0.5) is 11.4 Å². The highest BCUT2D eigenvalue weighted by atomic mass is 16.1. The van der Waals surface area contributed by atoms with Crippen LogP contribution >= 0.6 is 0 Å². The molecular formula is C14H19N5O. The Bertz CT molecular complexity index is 605. The van der Waals surface area contributed by atoms with Gasteiger partial charge in [0.15, 0.2) is 0 Å². The predicted molar refractivity (Wildman–Crippen MR) is 78.2 cm³/mol. The Balaban J connectivity index is 1.81. The van der Waals surface area contributed by atoms with E-state index in [1.165, 1.54) is 0 Å². The lowest BCUT2D eigenvalue weighted by atomic mass is 10.2. The normalized spacial score (nSPS) is 10.5. The van der Waals surface area contributed by atoms with Crippen molar-refractivity contribution < 1.29 is 4.79 Å². The molecule has 6 nitrogen and oxygen atoms in total. The summed E-state index contributed by atoms with van der Waals surface area (Å²) in [5, 5.41) is 7.07. The zero-order chi connectivity index (χ0) is 14.5. The van der Waals surface area contributed by atoms with E-state index in [9.17, 15) is 4.79 Å². The van der Waals surface area contributed by atoms with Gasteiger partial charge in [-0.15, -0.1) is 0 Å². The van der Waals surface area contributed by atoms with Crippen molar-refractivity contribution in [3.63, 3.8) is 0 Å². The van der Waals surface area contributed by atoms with Gasteiger partial charge < -0.3 is 11.1 Å². The molecule has 0 aliphatic heterocycles. The molecule has 1 aromatic heterocycles. The van der Waals surface area contributed by atoms with Crippen molar-refractivity contribution in [3.8, 4) is 0 Å². The summed E-state index contributed by atoms with van der Waals surface area (Å²) in [5.74, 6) is 1.58. The van der Waals surface area contributed by atoms with Gasteiger partial charge in [-0.1, -0.05) is 12.1 Å². The first kappa shape index (κ1) is 14.0. The molecule has 0 aliphatic rings. The Labute approximate surface area is 118 Å². The van der Waals surface area contributed by atoms with Crippen LogP contribution in [0.2, 0.25) is 0 Å². The van der Waals surface area contributed by atoms with Gasteiger partial charge in [0.05, 0.1) is 11.4 Å². The van der Waals surface area contributed by atoms with Crippen molar-refractivity contribution in [3.05, 3.63) is 35.9 Å². The number of nitrogens with zero attached hydrogens (tertiary/aromatic N) is 3. The van der Waals surface area contributed by atoms with Crippen LogP contribution in [0.3, 0.4) is 0 Å². The number of hydrogen-bond donors (Lipinski definition) is 2. The molecule has 2 rings (SSSR count). The van der Waals surface area contributed by atoms with Gasteiger partial charge in [0, 0.05) is 13.0 Å². The largest absolute Gasteiger partial charge is 0.397 e. The first-order valence-electron chi connectivity index (χ1n) is 6.58. The van der Waals surface area contributed by atoms with Gasteiger partial charge in [-0.3, -0.25) is 9.48 Å². The summed E-state index contributed by atoms with van der Waals surface area (Å²) in [4.78, 5) is 16.1. The maximum Gasteiger partial charge on any atom is 0.224 e. The van der Waals surface area contributed by atoms with Crippen LogP contribution in [0.1, 0.15) is 24.5 Å². The summed E-state index contributed by atoms with van der Waals surface area (Å²) in [5.41, 5.74) is 7.00. The zero-order valence-corrected chi connectivity index (χ0v) is 11.8. The van der Waals surface area contributed by atoms with Crippen LogP contribution in [0, 0.1) is 13.8 Å². The Morgan fingerprint density at radius 3 is 2.75 bits per heavy atom. The molecule has 1 amide bonds. The molecule has 3 N–H and O–H groups in total.